The van der Waals surface area contributed by atoms with E-state index in [2.05, 4.69) is 30.3 Å². The van der Waals surface area contributed by atoms with E-state index in [-0.39, 0.29) is 5.56 Å². The van der Waals surface area contributed by atoms with Crippen molar-refractivity contribution in [2.24, 2.45) is 5.92 Å². The lowest BCUT2D eigenvalue weighted by molar-refractivity contribution is 0.0697. The molecule has 0 saturated heterocycles. The fraction of sp³-hybridized carbons (Fsp3) is 0.467. The molecule has 0 fully saturated rings. The molecule has 0 spiro atoms. The molecule has 1 N–H and O–H groups in total. The standard InChI is InChI=1S/C15H20N2O2/c1-4-11(5-2)10(3)17-9-16-13-8-12(15(18)19)6-7-14(13)17/h6-11H,4-5H2,1-3H3,(H,18,19). The summed E-state index contributed by atoms with van der Waals surface area (Å²) in [7, 11) is 0. The van der Waals surface area contributed by atoms with Crippen molar-refractivity contribution in [3.8, 4) is 0 Å². The number of aromatic carboxylic acids is 1. The van der Waals surface area contributed by atoms with Crippen LogP contribution in [-0.2, 0) is 0 Å². The first-order valence-electron chi connectivity index (χ1n) is 6.78. The van der Waals surface area contributed by atoms with Gasteiger partial charge in [-0.2, -0.15) is 0 Å². The highest BCUT2D eigenvalue weighted by Crippen LogP contribution is 2.27. The van der Waals surface area contributed by atoms with Crippen molar-refractivity contribution < 1.29 is 9.90 Å². The molecule has 1 atom stereocenters. The van der Waals surface area contributed by atoms with E-state index in [9.17, 15) is 4.79 Å². The summed E-state index contributed by atoms with van der Waals surface area (Å²) in [5.74, 6) is -0.305. The first kappa shape index (κ1) is 13.6. The molecule has 1 aromatic carbocycles. The second-order valence-electron chi connectivity index (χ2n) is 4.98. The minimum Gasteiger partial charge on any atom is -0.478 e. The number of rotatable bonds is 5. The van der Waals surface area contributed by atoms with E-state index in [1.54, 1.807) is 12.1 Å². The molecule has 2 aromatic rings. The van der Waals surface area contributed by atoms with Crippen molar-refractivity contribution in [3.05, 3.63) is 30.1 Å². The molecule has 0 bridgehead atoms. The number of nitrogens with zero attached hydrogens (tertiary/aromatic N) is 2. The van der Waals surface area contributed by atoms with Crippen molar-refractivity contribution >= 4 is 17.0 Å². The first-order valence-corrected chi connectivity index (χ1v) is 6.78. The van der Waals surface area contributed by atoms with Gasteiger partial charge in [0.05, 0.1) is 22.9 Å². The molecule has 1 unspecified atom stereocenters. The monoisotopic (exact) mass is 260 g/mol. The zero-order chi connectivity index (χ0) is 14.0. The summed E-state index contributed by atoms with van der Waals surface area (Å²) in [6, 6.07) is 5.50. The van der Waals surface area contributed by atoms with Crippen molar-refractivity contribution in [1.29, 1.82) is 0 Å². The molecule has 4 heteroatoms. The average molecular weight is 260 g/mol. The summed E-state index contributed by atoms with van der Waals surface area (Å²) in [4.78, 5) is 15.3. The van der Waals surface area contributed by atoms with Crippen LogP contribution in [0, 0.1) is 5.92 Å². The summed E-state index contributed by atoms with van der Waals surface area (Å²) in [6.45, 7) is 6.60. The number of fused-ring (bicyclic) bond motifs is 1. The summed E-state index contributed by atoms with van der Waals surface area (Å²) in [5, 5.41) is 8.99. The quantitative estimate of drug-likeness (QED) is 0.891. The fourth-order valence-electron chi connectivity index (χ4n) is 2.69. The minimum absolute atomic E-state index is 0.285. The van der Waals surface area contributed by atoms with Crippen molar-refractivity contribution in [2.75, 3.05) is 0 Å². The Kier molecular flexibility index (Phi) is 3.88. The lowest BCUT2D eigenvalue weighted by Gasteiger charge is -2.23. The number of carboxylic acids is 1. The minimum atomic E-state index is -0.913. The predicted molar refractivity (Wildman–Crippen MR) is 75.5 cm³/mol. The topological polar surface area (TPSA) is 55.1 Å². The van der Waals surface area contributed by atoms with E-state index in [0.717, 1.165) is 23.9 Å². The number of hydrogen-bond donors (Lipinski definition) is 1. The molecule has 0 aliphatic rings. The Morgan fingerprint density at radius 1 is 1.37 bits per heavy atom. The Bertz CT molecular complexity index is 585. The van der Waals surface area contributed by atoms with E-state index < -0.39 is 5.97 Å². The molecule has 0 radical (unpaired) electrons. The van der Waals surface area contributed by atoms with E-state index in [1.165, 1.54) is 0 Å². The molecular weight excluding hydrogens is 240 g/mol. The number of hydrogen-bond acceptors (Lipinski definition) is 2. The second kappa shape index (κ2) is 5.43. The van der Waals surface area contributed by atoms with Gasteiger partial charge >= 0.3 is 5.97 Å². The zero-order valence-corrected chi connectivity index (χ0v) is 11.6. The molecule has 2 rings (SSSR count). The number of carbonyl (C=O) groups is 1. The molecule has 102 valence electrons. The van der Waals surface area contributed by atoms with Gasteiger partial charge in [-0.1, -0.05) is 26.7 Å². The smallest absolute Gasteiger partial charge is 0.335 e. The number of benzene rings is 1. The molecule has 1 heterocycles. The van der Waals surface area contributed by atoms with Crippen molar-refractivity contribution in [1.82, 2.24) is 9.55 Å². The van der Waals surface area contributed by atoms with Crippen LogP contribution in [0.15, 0.2) is 24.5 Å². The van der Waals surface area contributed by atoms with Gasteiger partial charge in [0.15, 0.2) is 0 Å². The summed E-state index contributed by atoms with van der Waals surface area (Å²) >= 11 is 0. The molecular formula is C15H20N2O2. The van der Waals surface area contributed by atoms with Gasteiger partial charge in [0.25, 0.3) is 0 Å². The summed E-state index contributed by atoms with van der Waals surface area (Å²) < 4.78 is 2.15. The van der Waals surface area contributed by atoms with Gasteiger partial charge in [0.2, 0.25) is 0 Å². The van der Waals surface area contributed by atoms with Crippen LogP contribution in [0.4, 0.5) is 0 Å². The van der Waals surface area contributed by atoms with Crippen LogP contribution in [0.5, 0.6) is 0 Å². The highest BCUT2D eigenvalue weighted by atomic mass is 16.4. The van der Waals surface area contributed by atoms with Gasteiger partial charge in [-0.25, -0.2) is 9.78 Å². The molecule has 0 saturated carbocycles. The maximum Gasteiger partial charge on any atom is 0.335 e. The Balaban J connectivity index is 2.43. The Hall–Kier alpha value is -1.84. The van der Waals surface area contributed by atoms with Crippen molar-refractivity contribution in [2.45, 2.75) is 39.7 Å². The number of imidazole rings is 1. The van der Waals surface area contributed by atoms with E-state index in [1.807, 2.05) is 12.4 Å². The molecule has 0 amide bonds. The van der Waals surface area contributed by atoms with Gasteiger partial charge < -0.3 is 9.67 Å². The highest BCUT2D eigenvalue weighted by molar-refractivity contribution is 5.92. The van der Waals surface area contributed by atoms with Crippen molar-refractivity contribution in [3.63, 3.8) is 0 Å². The highest BCUT2D eigenvalue weighted by Gasteiger charge is 2.17. The predicted octanol–water partition coefficient (Wildman–Crippen LogP) is 3.73. The van der Waals surface area contributed by atoms with Gasteiger partial charge in [0.1, 0.15) is 0 Å². The normalized spacial score (nSPS) is 13.1. The average Bonchev–Trinajstić information content (AvgIpc) is 2.82. The Morgan fingerprint density at radius 2 is 2.05 bits per heavy atom. The van der Waals surface area contributed by atoms with Gasteiger partial charge in [-0.05, 0) is 31.0 Å². The van der Waals surface area contributed by atoms with E-state index >= 15 is 0 Å². The molecule has 4 nitrogen and oxygen atoms in total. The third-order valence-electron chi connectivity index (χ3n) is 3.99. The van der Waals surface area contributed by atoms with Crippen LogP contribution in [0.3, 0.4) is 0 Å². The Morgan fingerprint density at radius 3 is 2.63 bits per heavy atom. The SMILES string of the molecule is CCC(CC)C(C)n1cnc2cc(C(=O)O)ccc21. The maximum atomic E-state index is 11.0. The summed E-state index contributed by atoms with van der Waals surface area (Å²) in [6.07, 6.45) is 4.08. The molecule has 0 aliphatic heterocycles. The third kappa shape index (κ3) is 2.48. The van der Waals surface area contributed by atoms with Gasteiger partial charge in [0, 0.05) is 6.04 Å². The lowest BCUT2D eigenvalue weighted by atomic mass is 9.95. The number of aromatic nitrogens is 2. The van der Waals surface area contributed by atoms with Crippen LogP contribution in [0.25, 0.3) is 11.0 Å². The third-order valence-corrected chi connectivity index (χ3v) is 3.99. The van der Waals surface area contributed by atoms with Crippen LogP contribution >= 0.6 is 0 Å². The maximum absolute atomic E-state index is 11.0. The largest absolute Gasteiger partial charge is 0.478 e. The summed E-state index contributed by atoms with van der Waals surface area (Å²) in [5.41, 5.74) is 2.04. The van der Waals surface area contributed by atoms with E-state index in [0.29, 0.717) is 12.0 Å². The molecule has 1 aromatic heterocycles. The van der Waals surface area contributed by atoms with E-state index in [4.69, 9.17) is 5.11 Å². The van der Waals surface area contributed by atoms with Gasteiger partial charge in [-0.15, -0.1) is 0 Å². The zero-order valence-electron chi connectivity index (χ0n) is 11.6. The lowest BCUT2D eigenvalue weighted by Crippen LogP contribution is -2.14. The number of carboxylic acid groups (broad SMARTS) is 1. The molecule has 19 heavy (non-hydrogen) atoms. The Labute approximate surface area is 113 Å². The molecule has 0 aliphatic carbocycles. The first-order chi connectivity index (χ1) is 9.08. The van der Waals surface area contributed by atoms with Crippen LogP contribution in [0.1, 0.15) is 50.0 Å². The fourth-order valence-corrected chi connectivity index (χ4v) is 2.69. The van der Waals surface area contributed by atoms with Crippen LogP contribution in [0.2, 0.25) is 0 Å². The van der Waals surface area contributed by atoms with Crippen LogP contribution in [-0.4, -0.2) is 20.6 Å². The van der Waals surface area contributed by atoms with Gasteiger partial charge in [-0.3, -0.25) is 0 Å². The van der Waals surface area contributed by atoms with Crippen LogP contribution < -0.4 is 0 Å². The second-order valence-corrected chi connectivity index (χ2v) is 4.98.